The molecular weight excluding hydrogens is 281 g/mol. The van der Waals surface area contributed by atoms with Crippen molar-refractivity contribution in [1.29, 1.82) is 0 Å². The number of para-hydroxylation sites is 1. The molecule has 0 aliphatic carbocycles. The molecule has 0 aromatic heterocycles. The highest BCUT2D eigenvalue weighted by Crippen LogP contribution is 2.29. The lowest BCUT2D eigenvalue weighted by Gasteiger charge is -2.18. The van der Waals surface area contributed by atoms with Gasteiger partial charge in [0, 0.05) is 18.4 Å². The first-order chi connectivity index (χ1) is 9.88. The van der Waals surface area contributed by atoms with Gasteiger partial charge in [-0.25, -0.2) is 4.79 Å². The van der Waals surface area contributed by atoms with Gasteiger partial charge in [-0.1, -0.05) is 18.2 Å². The number of hydrogen-bond donors (Lipinski definition) is 1. The molecule has 2 amide bonds. The van der Waals surface area contributed by atoms with Crippen molar-refractivity contribution in [1.82, 2.24) is 0 Å². The molecule has 0 aliphatic heterocycles. The predicted molar refractivity (Wildman–Crippen MR) is 75.3 cm³/mol. The molecule has 0 heterocycles. The third kappa shape index (κ3) is 3.75. The van der Waals surface area contributed by atoms with Gasteiger partial charge in [-0.3, -0.25) is 4.90 Å². The summed E-state index contributed by atoms with van der Waals surface area (Å²) in [4.78, 5) is 13.4. The Morgan fingerprint density at radius 3 is 2.10 bits per heavy atom. The van der Waals surface area contributed by atoms with Crippen LogP contribution in [0.15, 0.2) is 54.6 Å². The van der Waals surface area contributed by atoms with Gasteiger partial charge in [0.05, 0.1) is 5.56 Å². The van der Waals surface area contributed by atoms with E-state index in [4.69, 9.17) is 0 Å². The first-order valence-electron chi connectivity index (χ1n) is 6.15. The normalized spacial score (nSPS) is 11.0. The first kappa shape index (κ1) is 14.9. The quantitative estimate of drug-likeness (QED) is 0.876. The summed E-state index contributed by atoms with van der Waals surface area (Å²) in [7, 11) is 1.58. The van der Waals surface area contributed by atoms with E-state index in [1.807, 2.05) is 6.07 Å². The second-order valence-corrected chi connectivity index (χ2v) is 4.40. The van der Waals surface area contributed by atoms with Crippen molar-refractivity contribution >= 4 is 17.4 Å². The van der Waals surface area contributed by atoms with Gasteiger partial charge in [-0.15, -0.1) is 0 Å². The third-order valence-electron chi connectivity index (χ3n) is 2.91. The molecule has 0 bridgehead atoms. The van der Waals surface area contributed by atoms with Crippen LogP contribution >= 0.6 is 0 Å². The van der Waals surface area contributed by atoms with Crippen molar-refractivity contribution in [2.45, 2.75) is 6.18 Å². The fourth-order valence-corrected chi connectivity index (χ4v) is 1.72. The maximum atomic E-state index is 12.4. The molecular formula is C15H13F3N2O. The number of halogens is 3. The summed E-state index contributed by atoms with van der Waals surface area (Å²) in [5.41, 5.74) is 0.231. The van der Waals surface area contributed by atoms with Crippen molar-refractivity contribution < 1.29 is 18.0 Å². The number of amides is 2. The molecule has 1 N–H and O–H groups in total. The van der Waals surface area contributed by atoms with Gasteiger partial charge in [0.15, 0.2) is 0 Å². The minimum Gasteiger partial charge on any atom is -0.308 e. The second-order valence-electron chi connectivity index (χ2n) is 4.40. The molecule has 0 unspecified atom stereocenters. The van der Waals surface area contributed by atoms with Crippen molar-refractivity contribution in [3.8, 4) is 0 Å². The zero-order valence-electron chi connectivity index (χ0n) is 11.2. The topological polar surface area (TPSA) is 32.3 Å². The molecule has 3 nitrogen and oxygen atoms in total. The van der Waals surface area contributed by atoms with E-state index in [2.05, 4.69) is 5.32 Å². The summed E-state index contributed by atoms with van der Waals surface area (Å²) in [6, 6.07) is 12.8. The van der Waals surface area contributed by atoms with Crippen molar-refractivity contribution in [2.75, 3.05) is 17.3 Å². The Morgan fingerprint density at radius 2 is 1.57 bits per heavy atom. The molecule has 0 saturated heterocycles. The van der Waals surface area contributed by atoms with E-state index in [1.165, 1.54) is 17.0 Å². The number of carbonyl (C=O) groups is 1. The number of nitrogens with one attached hydrogen (secondary N) is 1. The maximum Gasteiger partial charge on any atom is 0.416 e. The zero-order valence-corrected chi connectivity index (χ0v) is 11.2. The maximum absolute atomic E-state index is 12.4. The molecule has 2 rings (SSSR count). The Hall–Kier alpha value is -2.50. The summed E-state index contributed by atoms with van der Waals surface area (Å²) in [6.45, 7) is 0. The molecule has 110 valence electrons. The molecule has 0 aliphatic rings. The summed E-state index contributed by atoms with van der Waals surface area (Å²) in [5, 5.41) is 2.54. The number of alkyl halides is 3. The Kier molecular flexibility index (Phi) is 4.16. The van der Waals surface area contributed by atoms with Gasteiger partial charge in [0.1, 0.15) is 0 Å². The van der Waals surface area contributed by atoms with E-state index in [-0.39, 0.29) is 0 Å². The fourth-order valence-electron chi connectivity index (χ4n) is 1.72. The highest BCUT2D eigenvalue weighted by molar-refractivity contribution is 6.01. The first-order valence-corrected chi connectivity index (χ1v) is 6.15. The molecule has 2 aromatic carbocycles. The van der Waals surface area contributed by atoms with Crippen molar-refractivity contribution in [2.24, 2.45) is 0 Å². The van der Waals surface area contributed by atoms with E-state index >= 15 is 0 Å². The van der Waals surface area contributed by atoms with Crippen LogP contribution in [0.5, 0.6) is 0 Å². The van der Waals surface area contributed by atoms with Crippen LogP contribution in [0.2, 0.25) is 0 Å². The van der Waals surface area contributed by atoms with E-state index < -0.39 is 17.8 Å². The van der Waals surface area contributed by atoms with Gasteiger partial charge in [-0.05, 0) is 36.4 Å². The molecule has 21 heavy (non-hydrogen) atoms. The average Bonchev–Trinajstić information content (AvgIpc) is 2.47. The number of hydrogen-bond acceptors (Lipinski definition) is 1. The molecule has 0 saturated carbocycles. The van der Waals surface area contributed by atoms with Crippen LogP contribution < -0.4 is 10.2 Å². The molecule has 0 atom stereocenters. The van der Waals surface area contributed by atoms with Gasteiger partial charge in [-0.2, -0.15) is 13.2 Å². The highest BCUT2D eigenvalue weighted by Gasteiger charge is 2.30. The Morgan fingerprint density at radius 1 is 1.00 bits per heavy atom. The van der Waals surface area contributed by atoms with Crippen LogP contribution in [0, 0.1) is 0 Å². The van der Waals surface area contributed by atoms with Gasteiger partial charge < -0.3 is 5.32 Å². The van der Waals surface area contributed by atoms with Crippen LogP contribution in [0.4, 0.5) is 29.3 Å². The fraction of sp³-hybridized carbons (Fsp3) is 0.133. The monoisotopic (exact) mass is 294 g/mol. The van der Waals surface area contributed by atoms with Crippen molar-refractivity contribution in [3.63, 3.8) is 0 Å². The molecule has 2 aromatic rings. The number of carbonyl (C=O) groups excluding carboxylic acids is 1. The van der Waals surface area contributed by atoms with Crippen molar-refractivity contribution in [3.05, 3.63) is 60.2 Å². The molecule has 0 fully saturated rings. The largest absolute Gasteiger partial charge is 0.416 e. The minimum atomic E-state index is -4.39. The number of anilines is 2. The van der Waals surface area contributed by atoms with Crippen LogP contribution in [0.1, 0.15) is 5.56 Å². The number of urea groups is 1. The van der Waals surface area contributed by atoms with Gasteiger partial charge >= 0.3 is 12.2 Å². The molecule has 0 spiro atoms. The summed E-state index contributed by atoms with van der Waals surface area (Å²) >= 11 is 0. The Labute approximate surface area is 120 Å². The number of benzene rings is 2. The second kappa shape index (κ2) is 5.87. The lowest BCUT2D eigenvalue weighted by molar-refractivity contribution is -0.137. The smallest absolute Gasteiger partial charge is 0.308 e. The van der Waals surface area contributed by atoms with E-state index in [0.29, 0.717) is 11.4 Å². The zero-order chi connectivity index (χ0) is 15.5. The minimum absolute atomic E-state index is 0.302. The summed E-state index contributed by atoms with van der Waals surface area (Å²) < 4.78 is 37.3. The lowest BCUT2D eigenvalue weighted by atomic mass is 10.2. The predicted octanol–water partition coefficient (Wildman–Crippen LogP) is 4.37. The number of rotatable bonds is 2. The Bertz CT molecular complexity index is 609. The van der Waals surface area contributed by atoms with Crippen LogP contribution in [0.25, 0.3) is 0 Å². The van der Waals surface area contributed by atoms with Gasteiger partial charge in [0.2, 0.25) is 0 Å². The average molecular weight is 294 g/mol. The van der Waals surface area contributed by atoms with Crippen LogP contribution in [0.3, 0.4) is 0 Å². The van der Waals surface area contributed by atoms with Crippen LogP contribution in [-0.4, -0.2) is 13.1 Å². The van der Waals surface area contributed by atoms with E-state index in [0.717, 1.165) is 12.1 Å². The standard InChI is InChI=1S/C15H13F3N2O/c1-20(13-5-3-2-4-6-13)14(21)19-12-9-7-11(8-10-12)15(16,17)18/h2-10H,1H3,(H,19,21). The van der Waals surface area contributed by atoms with Crippen LogP contribution in [-0.2, 0) is 6.18 Å². The SMILES string of the molecule is CN(C(=O)Nc1ccc(C(F)(F)F)cc1)c1ccccc1. The van der Waals surface area contributed by atoms with E-state index in [1.54, 1.807) is 31.3 Å². The Balaban J connectivity index is 2.06. The molecule has 6 heteroatoms. The lowest BCUT2D eigenvalue weighted by Crippen LogP contribution is -2.31. The number of nitrogens with zero attached hydrogens (tertiary/aromatic N) is 1. The summed E-state index contributed by atoms with van der Waals surface area (Å²) in [6.07, 6.45) is -4.39. The molecule has 0 radical (unpaired) electrons. The van der Waals surface area contributed by atoms with E-state index in [9.17, 15) is 18.0 Å². The summed E-state index contributed by atoms with van der Waals surface area (Å²) in [5.74, 6) is 0. The van der Waals surface area contributed by atoms with Gasteiger partial charge in [0.25, 0.3) is 0 Å². The highest BCUT2D eigenvalue weighted by atomic mass is 19.4. The third-order valence-corrected chi connectivity index (χ3v) is 2.91.